The van der Waals surface area contributed by atoms with Crippen LogP contribution in [-0.4, -0.2) is 57.6 Å². The molecule has 1 fully saturated rings. The van der Waals surface area contributed by atoms with Gasteiger partial charge in [-0.15, -0.1) is 0 Å². The van der Waals surface area contributed by atoms with E-state index in [1.165, 1.54) is 29.0 Å². The molecule has 1 saturated heterocycles. The van der Waals surface area contributed by atoms with Crippen molar-refractivity contribution in [1.82, 2.24) is 9.88 Å². The van der Waals surface area contributed by atoms with Crippen molar-refractivity contribution in [2.45, 2.75) is 24.4 Å². The zero-order valence-electron chi connectivity index (χ0n) is 15.3. The summed E-state index contributed by atoms with van der Waals surface area (Å²) < 4.78 is 43.8. The van der Waals surface area contributed by atoms with Crippen LogP contribution in [0.2, 0.25) is 0 Å². The normalized spacial score (nSPS) is 21.3. The lowest BCUT2D eigenvalue weighted by atomic mass is 10.1. The predicted molar refractivity (Wildman–Crippen MR) is 96.2 cm³/mol. The van der Waals surface area contributed by atoms with Gasteiger partial charge in [0.25, 0.3) is 5.69 Å². The van der Waals surface area contributed by atoms with Crippen LogP contribution in [0.25, 0.3) is 10.9 Å². The van der Waals surface area contributed by atoms with E-state index < -0.39 is 42.0 Å². The molecule has 2 heterocycles. The Kier molecular flexibility index (Phi) is 5.71. The Balaban J connectivity index is 2.02. The summed E-state index contributed by atoms with van der Waals surface area (Å²) in [5.41, 5.74) is -0.933. The van der Waals surface area contributed by atoms with Crippen molar-refractivity contribution in [2.75, 3.05) is 19.8 Å². The fourth-order valence-electron chi connectivity index (χ4n) is 3.22. The molecule has 1 aromatic carbocycles. The van der Waals surface area contributed by atoms with Crippen LogP contribution >= 0.6 is 0 Å². The molecule has 2 aromatic rings. The number of hydrogen-bond donors (Lipinski definition) is 3. The highest BCUT2D eigenvalue weighted by Crippen LogP contribution is 2.36. The minimum atomic E-state index is -5.04. The van der Waals surface area contributed by atoms with E-state index in [0.29, 0.717) is 10.9 Å². The number of carbonyl (C=O) groups is 1. The molecular formula is C18H16F3N3O6. The average molecular weight is 427 g/mol. The van der Waals surface area contributed by atoms with Gasteiger partial charge in [-0.1, -0.05) is 11.8 Å². The van der Waals surface area contributed by atoms with Gasteiger partial charge in [0.2, 0.25) is 0 Å². The summed E-state index contributed by atoms with van der Waals surface area (Å²) >= 11 is 0. The number of non-ortho nitro benzene ring substituents is 1. The second-order valence-corrected chi connectivity index (χ2v) is 6.63. The second kappa shape index (κ2) is 7.94. The molecular weight excluding hydrogens is 411 g/mol. The molecule has 1 aromatic heterocycles. The smallest absolute Gasteiger partial charge is 0.391 e. The third-order valence-electron chi connectivity index (χ3n) is 4.60. The largest absolute Gasteiger partial charge is 0.471 e. The van der Waals surface area contributed by atoms with Crippen molar-refractivity contribution >= 4 is 22.5 Å². The Bertz CT molecular complexity index is 1060. The highest BCUT2D eigenvalue weighted by atomic mass is 19.4. The fourth-order valence-corrected chi connectivity index (χ4v) is 3.22. The Labute approximate surface area is 167 Å². The number of aliphatic hydroxyl groups is 2. The number of rotatable bonds is 4. The lowest BCUT2D eigenvalue weighted by Crippen LogP contribution is -2.36. The third kappa shape index (κ3) is 4.09. The molecule has 1 unspecified atom stereocenters. The minimum absolute atomic E-state index is 0.0301. The first-order valence-electron chi connectivity index (χ1n) is 8.64. The molecule has 1 aliphatic heterocycles. The van der Waals surface area contributed by atoms with Crippen LogP contribution < -0.4 is 5.32 Å². The maximum atomic E-state index is 12.2. The van der Waals surface area contributed by atoms with Crippen molar-refractivity contribution in [3.8, 4) is 11.8 Å². The number of aliphatic hydroxyl groups excluding tert-OH is 2. The van der Waals surface area contributed by atoms with Crippen LogP contribution in [0.5, 0.6) is 0 Å². The fraction of sp³-hybridized carbons (Fsp3) is 0.389. The quantitative estimate of drug-likeness (QED) is 0.380. The molecule has 30 heavy (non-hydrogen) atoms. The summed E-state index contributed by atoms with van der Waals surface area (Å²) in [7, 11) is 0. The van der Waals surface area contributed by atoms with E-state index in [-0.39, 0.29) is 24.3 Å². The van der Waals surface area contributed by atoms with Crippen LogP contribution in [0.1, 0.15) is 12.0 Å². The second-order valence-electron chi connectivity index (χ2n) is 6.63. The number of nitrogens with one attached hydrogen (secondary N) is 1. The molecule has 0 bridgehead atoms. The molecule has 3 rings (SSSR count). The summed E-state index contributed by atoms with van der Waals surface area (Å²) in [6.07, 6.45) is -4.38. The molecule has 160 valence electrons. The first-order chi connectivity index (χ1) is 14.1. The van der Waals surface area contributed by atoms with Crippen LogP contribution in [0.3, 0.4) is 0 Å². The van der Waals surface area contributed by atoms with E-state index in [1.807, 2.05) is 0 Å². The van der Waals surface area contributed by atoms with Crippen molar-refractivity contribution in [2.24, 2.45) is 0 Å². The average Bonchev–Trinajstić information content (AvgIpc) is 3.25. The van der Waals surface area contributed by atoms with Crippen LogP contribution in [0.15, 0.2) is 24.4 Å². The number of nitrogens with zero attached hydrogens (tertiary/aromatic N) is 2. The van der Waals surface area contributed by atoms with Crippen LogP contribution in [0.4, 0.5) is 18.9 Å². The van der Waals surface area contributed by atoms with Gasteiger partial charge in [-0.25, -0.2) is 0 Å². The molecule has 0 saturated carbocycles. The molecule has 1 aliphatic rings. The maximum Gasteiger partial charge on any atom is 0.471 e. The van der Waals surface area contributed by atoms with Gasteiger partial charge in [-0.05, 0) is 6.07 Å². The van der Waals surface area contributed by atoms with Crippen molar-refractivity contribution in [1.29, 1.82) is 0 Å². The number of aromatic nitrogens is 1. The number of ether oxygens (including phenoxy) is 1. The van der Waals surface area contributed by atoms with Crippen LogP contribution in [0, 0.1) is 22.0 Å². The maximum absolute atomic E-state index is 12.2. The van der Waals surface area contributed by atoms with Gasteiger partial charge in [-0.2, -0.15) is 13.2 Å². The summed E-state index contributed by atoms with van der Waals surface area (Å²) in [5, 5.41) is 32.8. The SMILES string of the molecule is O=C(NCC#Cc1cn([C@@]2(CO)CC(O)CO2)c2ccc([N+](=O)[O-])cc12)C(F)(F)F. The first kappa shape index (κ1) is 21.6. The van der Waals surface area contributed by atoms with E-state index in [9.17, 15) is 38.3 Å². The molecule has 0 spiro atoms. The number of alkyl halides is 3. The highest BCUT2D eigenvalue weighted by Gasteiger charge is 2.42. The monoisotopic (exact) mass is 427 g/mol. The molecule has 1 amide bonds. The zero-order valence-corrected chi connectivity index (χ0v) is 15.3. The van der Waals surface area contributed by atoms with Crippen molar-refractivity contribution < 1.29 is 37.8 Å². The number of benzene rings is 1. The molecule has 2 atom stereocenters. The summed E-state index contributed by atoms with van der Waals surface area (Å²) in [6, 6.07) is 3.91. The van der Waals surface area contributed by atoms with Gasteiger partial charge in [0.1, 0.15) is 0 Å². The van der Waals surface area contributed by atoms with Crippen molar-refractivity contribution in [3.63, 3.8) is 0 Å². The third-order valence-corrected chi connectivity index (χ3v) is 4.60. The number of carbonyl (C=O) groups excluding carboxylic acids is 1. The number of halogens is 3. The Morgan fingerprint density at radius 2 is 2.20 bits per heavy atom. The van der Waals surface area contributed by atoms with Gasteiger partial charge in [-0.3, -0.25) is 14.9 Å². The number of hydrogen-bond acceptors (Lipinski definition) is 6. The molecule has 0 aliphatic carbocycles. The van der Waals surface area contributed by atoms with Gasteiger partial charge >= 0.3 is 12.1 Å². The topological polar surface area (TPSA) is 127 Å². The van der Waals surface area contributed by atoms with Gasteiger partial charge in [0, 0.05) is 30.1 Å². The summed E-state index contributed by atoms with van der Waals surface area (Å²) in [4.78, 5) is 21.4. The predicted octanol–water partition coefficient (Wildman–Crippen LogP) is 1.01. The van der Waals surface area contributed by atoms with Crippen molar-refractivity contribution in [3.05, 3.63) is 40.1 Å². The molecule has 0 radical (unpaired) electrons. The minimum Gasteiger partial charge on any atom is -0.391 e. The number of fused-ring (bicyclic) bond motifs is 1. The number of amides is 1. The van der Waals surface area contributed by atoms with Gasteiger partial charge in [0.05, 0.1) is 41.9 Å². The van der Waals surface area contributed by atoms with E-state index >= 15 is 0 Å². The molecule has 12 heteroatoms. The number of nitro groups is 1. The Hall–Kier alpha value is -3.14. The van der Waals surface area contributed by atoms with Gasteiger partial charge < -0.3 is 24.8 Å². The highest BCUT2D eigenvalue weighted by molar-refractivity contribution is 5.89. The van der Waals surface area contributed by atoms with E-state index in [0.717, 1.165) is 0 Å². The lowest BCUT2D eigenvalue weighted by molar-refractivity contribution is -0.384. The van der Waals surface area contributed by atoms with E-state index in [2.05, 4.69) is 11.8 Å². The Morgan fingerprint density at radius 3 is 2.77 bits per heavy atom. The summed E-state index contributed by atoms with van der Waals surface area (Å²) in [6.45, 7) is -1.13. The first-order valence-corrected chi connectivity index (χ1v) is 8.64. The number of nitro benzene ring substituents is 1. The zero-order chi connectivity index (χ0) is 22.1. The van der Waals surface area contributed by atoms with E-state index in [4.69, 9.17) is 4.74 Å². The van der Waals surface area contributed by atoms with Gasteiger partial charge in [0.15, 0.2) is 5.72 Å². The molecule has 3 N–H and O–H groups in total. The van der Waals surface area contributed by atoms with Crippen LogP contribution in [-0.2, 0) is 15.3 Å². The lowest BCUT2D eigenvalue weighted by Gasteiger charge is -2.28. The van der Waals surface area contributed by atoms with E-state index in [1.54, 1.807) is 5.32 Å². The Morgan fingerprint density at radius 1 is 1.47 bits per heavy atom. The standard InChI is InChI=1S/C18H16F3N3O6/c19-18(20,21)16(27)22-5-1-2-11-8-23(17(10-25)7-13(26)9-30-17)15-4-3-12(24(28)29)6-14(11)15/h3-4,6,8,13,25-26H,5,7,9-10H2,(H,22,27)/t13?,17-/m0/s1. The molecule has 9 nitrogen and oxygen atoms in total. The summed E-state index contributed by atoms with van der Waals surface area (Å²) in [5.74, 6) is 2.82.